The van der Waals surface area contributed by atoms with Gasteiger partial charge in [0.05, 0.1) is 0 Å². The van der Waals surface area contributed by atoms with E-state index in [2.05, 4.69) is 38.3 Å². The molecule has 0 atom stereocenters. The van der Waals surface area contributed by atoms with Crippen molar-refractivity contribution in [2.24, 2.45) is 0 Å². The van der Waals surface area contributed by atoms with Gasteiger partial charge in [0.2, 0.25) is 0 Å². The van der Waals surface area contributed by atoms with Crippen LogP contribution < -0.4 is 10.6 Å². The van der Waals surface area contributed by atoms with Crippen molar-refractivity contribution in [3.63, 3.8) is 0 Å². The molecule has 5 heteroatoms. The van der Waals surface area contributed by atoms with Gasteiger partial charge in [-0.1, -0.05) is 40.9 Å². The maximum absolute atomic E-state index is 3.93. The molecule has 2 fully saturated rings. The zero-order valence-electron chi connectivity index (χ0n) is 13.4. The molecule has 0 amide bonds. The van der Waals surface area contributed by atoms with E-state index >= 15 is 0 Å². The molecule has 2 nitrogen and oxygen atoms in total. The van der Waals surface area contributed by atoms with Crippen LogP contribution in [0.25, 0.3) is 0 Å². The monoisotopic (exact) mass is 399 g/mol. The van der Waals surface area contributed by atoms with E-state index in [9.17, 15) is 0 Å². The molecule has 2 rings (SSSR count). The average Bonchev–Trinajstić information content (AvgIpc) is 2.35. The molecule has 1 saturated heterocycles. The summed E-state index contributed by atoms with van der Waals surface area (Å²) in [6.07, 6.45) is 6.88. The molecule has 2 N–H and O–H groups in total. The fourth-order valence-corrected chi connectivity index (χ4v) is 5.38. The first-order valence-electron chi connectivity index (χ1n) is 7.65. The van der Waals surface area contributed by atoms with Crippen LogP contribution in [0.2, 0.25) is 0 Å². The van der Waals surface area contributed by atoms with Gasteiger partial charge >= 0.3 is 0 Å². The number of hydrogen-bond acceptors (Lipinski definition) is 4. The van der Waals surface area contributed by atoms with Gasteiger partial charge in [-0.05, 0) is 40.5 Å². The summed E-state index contributed by atoms with van der Waals surface area (Å²) >= 11 is 0. The molecule has 1 radical (unpaired) electrons. The summed E-state index contributed by atoms with van der Waals surface area (Å²) in [5.74, 6) is 0. The smallest absolute Gasteiger partial charge is 0.0332 e. The maximum atomic E-state index is 3.93. The summed E-state index contributed by atoms with van der Waals surface area (Å²) in [5, 5.41) is 7.66. The standard InChI is InChI=1S/C15H30N2S2.Tc/c1-13(2)10-16-12-15(8-6-5-7-9-15)17-11-14(3,4)19-18-13;/h16-17H,5-12H2,1-4H3;. The molecule has 0 aromatic heterocycles. The first kappa shape index (κ1) is 19.3. The Labute approximate surface area is 146 Å². The van der Waals surface area contributed by atoms with E-state index in [1.165, 1.54) is 32.1 Å². The summed E-state index contributed by atoms with van der Waals surface area (Å²) in [4.78, 5) is 0. The Morgan fingerprint density at radius 3 is 1.90 bits per heavy atom. The van der Waals surface area contributed by atoms with Crippen molar-refractivity contribution in [3.8, 4) is 0 Å². The largest absolute Gasteiger partial charge is 0.314 e. The first-order valence-corrected chi connectivity index (χ1v) is 9.80. The molecule has 20 heavy (non-hydrogen) atoms. The van der Waals surface area contributed by atoms with Gasteiger partial charge in [-0.3, -0.25) is 0 Å². The minimum atomic E-state index is 0. The summed E-state index contributed by atoms with van der Waals surface area (Å²) in [7, 11) is 4.08. The van der Waals surface area contributed by atoms with Crippen LogP contribution in [0.5, 0.6) is 0 Å². The number of rotatable bonds is 0. The second-order valence-electron chi connectivity index (χ2n) is 7.48. The number of nitrogens with one attached hydrogen (secondary N) is 2. The van der Waals surface area contributed by atoms with Crippen molar-refractivity contribution in [3.05, 3.63) is 0 Å². The minimum Gasteiger partial charge on any atom is -0.314 e. The second kappa shape index (κ2) is 7.70. The second-order valence-corrected chi connectivity index (χ2v) is 11.0. The first-order chi connectivity index (χ1) is 8.83. The summed E-state index contributed by atoms with van der Waals surface area (Å²) in [5.41, 5.74) is 0.355. The van der Waals surface area contributed by atoms with Crippen molar-refractivity contribution in [2.45, 2.75) is 74.8 Å². The van der Waals surface area contributed by atoms with Gasteiger partial charge in [0.1, 0.15) is 0 Å². The Kier molecular flexibility index (Phi) is 7.43. The zero-order chi connectivity index (χ0) is 14.0. The van der Waals surface area contributed by atoms with E-state index in [0.717, 1.165) is 19.6 Å². The van der Waals surface area contributed by atoms with Crippen LogP contribution in [0.4, 0.5) is 0 Å². The van der Waals surface area contributed by atoms with E-state index in [4.69, 9.17) is 0 Å². The molecule has 1 spiro atoms. The van der Waals surface area contributed by atoms with E-state index in [1.807, 2.05) is 21.6 Å². The molecule has 1 heterocycles. The van der Waals surface area contributed by atoms with Gasteiger partial charge in [-0.25, -0.2) is 0 Å². The molecule has 119 valence electrons. The van der Waals surface area contributed by atoms with Gasteiger partial charge in [-0.15, -0.1) is 0 Å². The molecule has 0 aromatic carbocycles. The van der Waals surface area contributed by atoms with Crippen LogP contribution in [-0.4, -0.2) is 34.7 Å². The van der Waals surface area contributed by atoms with Crippen molar-refractivity contribution in [1.29, 1.82) is 0 Å². The fraction of sp³-hybridized carbons (Fsp3) is 1.00. The molecule has 1 aliphatic heterocycles. The number of hydrogen-bond donors (Lipinski definition) is 2. The van der Waals surface area contributed by atoms with Crippen molar-refractivity contribution < 1.29 is 20.1 Å². The van der Waals surface area contributed by atoms with Gasteiger partial charge < -0.3 is 10.6 Å². The van der Waals surface area contributed by atoms with Crippen LogP contribution in [0.3, 0.4) is 0 Å². The van der Waals surface area contributed by atoms with E-state index < -0.39 is 0 Å². The summed E-state index contributed by atoms with van der Waals surface area (Å²) in [6, 6.07) is 0. The maximum Gasteiger partial charge on any atom is 0.0332 e. The van der Waals surface area contributed by atoms with Crippen molar-refractivity contribution in [2.75, 3.05) is 19.6 Å². The molecular weight excluding hydrogens is 370 g/mol. The van der Waals surface area contributed by atoms with Gasteiger partial charge in [0.25, 0.3) is 0 Å². The van der Waals surface area contributed by atoms with E-state index in [1.54, 1.807) is 0 Å². The van der Waals surface area contributed by atoms with Crippen molar-refractivity contribution >= 4 is 21.6 Å². The predicted octanol–water partition coefficient (Wildman–Crippen LogP) is 3.82. The molecule has 0 unspecified atom stereocenters. The molecule has 0 aromatic rings. The van der Waals surface area contributed by atoms with E-state index in [-0.39, 0.29) is 20.1 Å². The van der Waals surface area contributed by atoms with Gasteiger partial charge in [-0.2, -0.15) is 0 Å². The average molecular weight is 401 g/mol. The quantitative estimate of drug-likeness (QED) is 0.604. The third-order valence-electron chi connectivity index (χ3n) is 4.21. The van der Waals surface area contributed by atoms with Gasteiger partial charge in [0, 0.05) is 54.8 Å². The Bertz CT molecular complexity index is 302. The third kappa shape index (κ3) is 5.81. The predicted molar refractivity (Wildman–Crippen MR) is 90.0 cm³/mol. The summed E-state index contributed by atoms with van der Waals surface area (Å²) < 4.78 is 0.624. The zero-order valence-corrected chi connectivity index (χ0v) is 16.8. The Morgan fingerprint density at radius 1 is 0.750 bits per heavy atom. The Morgan fingerprint density at radius 2 is 1.30 bits per heavy atom. The van der Waals surface area contributed by atoms with Gasteiger partial charge in [0.15, 0.2) is 0 Å². The molecule has 2 aliphatic rings. The van der Waals surface area contributed by atoms with Crippen molar-refractivity contribution in [1.82, 2.24) is 10.6 Å². The SMILES string of the molecule is CC1(C)CNCC2(CCCCC2)NCC(C)(C)SS1.[Tc]. The minimum absolute atomic E-state index is 0. The van der Waals surface area contributed by atoms with Crippen LogP contribution >= 0.6 is 21.6 Å². The molecule has 0 bridgehead atoms. The van der Waals surface area contributed by atoms with Crippen LogP contribution in [0, 0.1) is 0 Å². The van der Waals surface area contributed by atoms with Crippen LogP contribution in [-0.2, 0) is 20.1 Å². The van der Waals surface area contributed by atoms with E-state index in [0.29, 0.717) is 15.0 Å². The topological polar surface area (TPSA) is 24.1 Å². The normalized spacial score (nSPS) is 29.4. The Balaban J connectivity index is 0.00000200. The molecule has 1 aliphatic carbocycles. The molecular formula is C15H30N2S2Tc. The third-order valence-corrected chi connectivity index (χ3v) is 8.44. The Hall–Kier alpha value is 1.27. The fourth-order valence-electron chi connectivity index (χ4n) is 2.93. The van der Waals surface area contributed by atoms with Crippen LogP contribution in [0.15, 0.2) is 0 Å². The molecule has 1 saturated carbocycles. The summed E-state index contributed by atoms with van der Waals surface area (Å²) in [6.45, 7) is 12.8. The van der Waals surface area contributed by atoms with Crippen LogP contribution in [0.1, 0.15) is 59.8 Å².